The Morgan fingerprint density at radius 1 is 1.42 bits per heavy atom. The zero-order valence-corrected chi connectivity index (χ0v) is 7.92. The van der Waals surface area contributed by atoms with E-state index >= 15 is 0 Å². The third-order valence-electron chi connectivity index (χ3n) is 2.49. The molecule has 3 heteroatoms. The van der Waals surface area contributed by atoms with Gasteiger partial charge in [0.25, 0.3) is 0 Å². The van der Waals surface area contributed by atoms with Gasteiger partial charge in [-0.1, -0.05) is 13.8 Å². The molecule has 0 spiro atoms. The zero-order valence-electron chi connectivity index (χ0n) is 7.92. The molecule has 2 N–H and O–H groups in total. The molecule has 0 bridgehead atoms. The van der Waals surface area contributed by atoms with Crippen molar-refractivity contribution in [3.63, 3.8) is 0 Å². The molecule has 2 unspecified atom stereocenters. The van der Waals surface area contributed by atoms with Gasteiger partial charge in [0.1, 0.15) is 0 Å². The molecule has 0 aromatic heterocycles. The SMILES string of the molecule is CCC(CC)NC1COCC1O. The fraction of sp³-hybridized carbons (Fsp3) is 1.00. The van der Waals surface area contributed by atoms with E-state index in [9.17, 15) is 5.11 Å². The van der Waals surface area contributed by atoms with Gasteiger partial charge in [-0.25, -0.2) is 0 Å². The Kier molecular flexibility index (Phi) is 3.98. The van der Waals surface area contributed by atoms with Gasteiger partial charge in [0.05, 0.1) is 25.4 Å². The molecule has 72 valence electrons. The van der Waals surface area contributed by atoms with Gasteiger partial charge in [0.15, 0.2) is 0 Å². The molecule has 1 saturated heterocycles. The fourth-order valence-electron chi connectivity index (χ4n) is 1.53. The number of aliphatic hydroxyl groups is 1. The van der Waals surface area contributed by atoms with Gasteiger partial charge in [-0.3, -0.25) is 0 Å². The van der Waals surface area contributed by atoms with E-state index in [1.165, 1.54) is 0 Å². The molecule has 0 amide bonds. The predicted octanol–water partition coefficient (Wildman–Crippen LogP) is 0.524. The van der Waals surface area contributed by atoms with Gasteiger partial charge in [0.2, 0.25) is 0 Å². The Morgan fingerprint density at radius 3 is 2.50 bits per heavy atom. The highest BCUT2D eigenvalue weighted by atomic mass is 16.5. The summed E-state index contributed by atoms with van der Waals surface area (Å²) in [4.78, 5) is 0. The summed E-state index contributed by atoms with van der Waals surface area (Å²) >= 11 is 0. The minimum absolute atomic E-state index is 0.148. The molecule has 0 aliphatic carbocycles. The highest BCUT2D eigenvalue weighted by molar-refractivity contribution is 4.83. The van der Waals surface area contributed by atoms with Gasteiger partial charge in [0, 0.05) is 6.04 Å². The first kappa shape index (κ1) is 9.96. The van der Waals surface area contributed by atoms with E-state index in [0.29, 0.717) is 19.3 Å². The molecule has 1 aliphatic rings. The van der Waals surface area contributed by atoms with E-state index in [1.807, 2.05) is 0 Å². The summed E-state index contributed by atoms with van der Waals surface area (Å²) in [6, 6.07) is 0.668. The summed E-state index contributed by atoms with van der Waals surface area (Å²) in [7, 11) is 0. The Hall–Kier alpha value is -0.120. The van der Waals surface area contributed by atoms with Gasteiger partial charge < -0.3 is 15.2 Å². The van der Waals surface area contributed by atoms with E-state index in [0.717, 1.165) is 12.8 Å². The van der Waals surface area contributed by atoms with Crippen LogP contribution in [0.15, 0.2) is 0 Å². The Balaban J connectivity index is 2.28. The molecular weight excluding hydrogens is 154 g/mol. The molecule has 0 aromatic rings. The lowest BCUT2D eigenvalue weighted by atomic mass is 10.1. The van der Waals surface area contributed by atoms with Crippen LogP contribution in [0.1, 0.15) is 26.7 Å². The average Bonchev–Trinajstić information content (AvgIpc) is 2.47. The smallest absolute Gasteiger partial charge is 0.0948 e. The van der Waals surface area contributed by atoms with E-state index in [1.54, 1.807) is 0 Å². The van der Waals surface area contributed by atoms with Crippen LogP contribution in [-0.2, 0) is 4.74 Å². The highest BCUT2D eigenvalue weighted by Crippen LogP contribution is 2.08. The lowest BCUT2D eigenvalue weighted by Gasteiger charge is -2.21. The van der Waals surface area contributed by atoms with Crippen LogP contribution >= 0.6 is 0 Å². The lowest BCUT2D eigenvalue weighted by molar-refractivity contribution is 0.121. The third kappa shape index (κ3) is 2.44. The van der Waals surface area contributed by atoms with Crippen molar-refractivity contribution in [2.24, 2.45) is 0 Å². The van der Waals surface area contributed by atoms with E-state index < -0.39 is 0 Å². The Labute approximate surface area is 74.1 Å². The number of nitrogens with one attached hydrogen (secondary N) is 1. The second-order valence-electron chi connectivity index (χ2n) is 3.39. The predicted molar refractivity (Wildman–Crippen MR) is 48.1 cm³/mol. The molecule has 12 heavy (non-hydrogen) atoms. The van der Waals surface area contributed by atoms with Crippen molar-refractivity contribution in [2.75, 3.05) is 13.2 Å². The second-order valence-corrected chi connectivity index (χ2v) is 3.39. The topological polar surface area (TPSA) is 41.5 Å². The van der Waals surface area contributed by atoms with Gasteiger partial charge in [-0.2, -0.15) is 0 Å². The number of rotatable bonds is 4. The van der Waals surface area contributed by atoms with Crippen molar-refractivity contribution in [1.82, 2.24) is 5.32 Å². The number of hydrogen-bond acceptors (Lipinski definition) is 3. The first-order chi connectivity index (χ1) is 5.77. The summed E-state index contributed by atoms with van der Waals surface area (Å²) in [5, 5.41) is 12.8. The molecule has 0 radical (unpaired) electrons. The van der Waals surface area contributed by atoms with E-state index in [2.05, 4.69) is 19.2 Å². The average molecular weight is 173 g/mol. The van der Waals surface area contributed by atoms with Gasteiger partial charge in [-0.15, -0.1) is 0 Å². The van der Waals surface area contributed by atoms with Gasteiger partial charge in [-0.05, 0) is 12.8 Å². The minimum Gasteiger partial charge on any atom is -0.389 e. The summed E-state index contributed by atoms with van der Waals surface area (Å²) in [5.41, 5.74) is 0. The summed E-state index contributed by atoms with van der Waals surface area (Å²) in [5.74, 6) is 0. The monoisotopic (exact) mass is 173 g/mol. The van der Waals surface area contributed by atoms with Crippen molar-refractivity contribution in [3.8, 4) is 0 Å². The number of hydrogen-bond donors (Lipinski definition) is 2. The summed E-state index contributed by atoms with van der Waals surface area (Å²) < 4.78 is 5.15. The number of ether oxygens (including phenoxy) is 1. The van der Waals surface area contributed by atoms with Crippen molar-refractivity contribution in [1.29, 1.82) is 0 Å². The van der Waals surface area contributed by atoms with Crippen LogP contribution in [0.4, 0.5) is 0 Å². The van der Waals surface area contributed by atoms with E-state index in [4.69, 9.17) is 4.74 Å². The second kappa shape index (κ2) is 4.80. The van der Waals surface area contributed by atoms with Crippen LogP contribution in [-0.4, -0.2) is 36.5 Å². The molecular formula is C9H19NO2. The van der Waals surface area contributed by atoms with Crippen LogP contribution in [0.25, 0.3) is 0 Å². The van der Waals surface area contributed by atoms with Crippen molar-refractivity contribution >= 4 is 0 Å². The summed E-state index contributed by atoms with van der Waals surface area (Å²) in [6.07, 6.45) is 1.91. The Morgan fingerprint density at radius 2 is 2.08 bits per heavy atom. The highest BCUT2D eigenvalue weighted by Gasteiger charge is 2.26. The van der Waals surface area contributed by atoms with E-state index in [-0.39, 0.29) is 12.1 Å². The van der Waals surface area contributed by atoms with Crippen LogP contribution < -0.4 is 5.32 Å². The fourth-order valence-corrected chi connectivity index (χ4v) is 1.53. The van der Waals surface area contributed by atoms with Crippen LogP contribution in [0.2, 0.25) is 0 Å². The molecule has 1 aliphatic heterocycles. The normalized spacial score (nSPS) is 30.0. The maximum absolute atomic E-state index is 9.44. The molecule has 3 nitrogen and oxygen atoms in total. The molecule has 1 fully saturated rings. The van der Waals surface area contributed by atoms with Crippen molar-refractivity contribution in [3.05, 3.63) is 0 Å². The van der Waals surface area contributed by atoms with Crippen molar-refractivity contribution < 1.29 is 9.84 Å². The zero-order chi connectivity index (χ0) is 8.97. The maximum Gasteiger partial charge on any atom is 0.0948 e. The molecule has 1 rings (SSSR count). The van der Waals surface area contributed by atoms with Crippen LogP contribution in [0.3, 0.4) is 0 Å². The summed E-state index contributed by atoms with van der Waals surface area (Å²) in [6.45, 7) is 5.45. The molecule has 0 saturated carbocycles. The van der Waals surface area contributed by atoms with Crippen LogP contribution in [0.5, 0.6) is 0 Å². The Bertz CT molecular complexity index is 126. The quantitative estimate of drug-likeness (QED) is 0.651. The maximum atomic E-state index is 9.44. The third-order valence-corrected chi connectivity index (χ3v) is 2.49. The van der Waals surface area contributed by atoms with Crippen LogP contribution in [0, 0.1) is 0 Å². The molecule has 1 heterocycles. The van der Waals surface area contributed by atoms with Crippen molar-refractivity contribution in [2.45, 2.75) is 44.9 Å². The standard InChI is InChI=1S/C9H19NO2/c1-3-7(4-2)10-8-5-12-6-9(8)11/h7-11H,3-6H2,1-2H3. The van der Waals surface area contributed by atoms with Gasteiger partial charge >= 0.3 is 0 Å². The molecule has 0 aromatic carbocycles. The minimum atomic E-state index is -0.314. The largest absolute Gasteiger partial charge is 0.389 e. The number of aliphatic hydroxyl groups excluding tert-OH is 1. The first-order valence-electron chi connectivity index (χ1n) is 4.79. The lowest BCUT2D eigenvalue weighted by Crippen LogP contribution is -2.44. The first-order valence-corrected chi connectivity index (χ1v) is 4.79. The molecule has 2 atom stereocenters.